The Bertz CT molecular complexity index is 815. The third-order valence-corrected chi connectivity index (χ3v) is 3.23. The molecule has 22 heavy (non-hydrogen) atoms. The van der Waals surface area contributed by atoms with Crippen LogP contribution < -0.4 is 14.9 Å². The zero-order chi connectivity index (χ0) is 15.9. The summed E-state index contributed by atoms with van der Waals surface area (Å²) in [6.07, 6.45) is 0.801. The van der Waals surface area contributed by atoms with E-state index in [2.05, 4.69) is 0 Å². The van der Waals surface area contributed by atoms with E-state index in [-0.39, 0.29) is 35.8 Å². The predicted octanol–water partition coefficient (Wildman–Crippen LogP) is 2.30. The molecule has 0 radical (unpaired) electrons. The average Bonchev–Trinajstić information content (AvgIpc) is 2.93. The first-order valence-electron chi connectivity index (χ1n) is 6.46. The highest BCUT2D eigenvalue weighted by atomic mass is 19.3. The maximum absolute atomic E-state index is 13.2. The molecule has 0 unspecified atom stereocenters. The fraction of sp³-hybridized carbons (Fsp3) is 0.286. The van der Waals surface area contributed by atoms with Gasteiger partial charge in [-0.2, -0.15) is 8.78 Å². The molecule has 2 aromatic rings. The number of benzene rings is 1. The fourth-order valence-corrected chi connectivity index (χ4v) is 2.25. The third kappa shape index (κ3) is 2.16. The molecule has 3 rings (SSSR count). The minimum absolute atomic E-state index is 0.0339. The summed E-state index contributed by atoms with van der Waals surface area (Å²) in [4.78, 5) is 24.1. The van der Waals surface area contributed by atoms with Gasteiger partial charge >= 0.3 is 12.5 Å². The summed E-state index contributed by atoms with van der Waals surface area (Å²) in [7, 11) is 0. The Kier molecular flexibility index (Phi) is 3.44. The SMILES string of the molecule is CCOC(=O)c1cn(C(F)F)c2cc3c(cc2c1=O)OCO3. The summed E-state index contributed by atoms with van der Waals surface area (Å²) in [6.45, 7) is -1.40. The zero-order valence-electron chi connectivity index (χ0n) is 11.5. The van der Waals surface area contributed by atoms with Gasteiger partial charge in [-0.15, -0.1) is 0 Å². The van der Waals surface area contributed by atoms with E-state index >= 15 is 0 Å². The lowest BCUT2D eigenvalue weighted by atomic mass is 10.1. The molecule has 0 aliphatic carbocycles. The van der Waals surface area contributed by atoms with Crippen LogP contribution in [0, 0.1) is 0 Å². The molecule has 116 valence electrons. The maximum atomic E-state index is 13.2. The van der Waals surface area contributed by atoms with Crippen molar-refractivity contribution in [2.75, 3.05) is 13.4 Å². The monoisotopic (exact) mass is 311 g/mol. The molecule has 0 spiro atoms. The molecule has 6 nitrogen and oxygen atoms in total. The molecule has 1 aliphatic rings. The first-order chi connectivity index (χ1) is 10.5. The molecular formula is C14H11F2NO5. The van der Waals surface area contributed by atoms with E-state index < -0.39 is 23.5 Å². The molecule has 0 saturated carbocycles. The molecule has 0 amide bonds. The van der Waals surface area contributed by atoms with E-state index in [0.29, 0.717) is 4.57 Å². The summed E-state index contributed by atoms with van der Waals surface area (Å²) >= 11 is 0. The van der Waals surface area contributed by atoms with Crippen LogP contribution in [0.3, 0.4) is 0 Å². The summed E-state index contributed by atoms with van der Waals surface area (Å²) in [5.41, 5.74) is -1.19. The Hall–Kier alpha value is -2.64. The van der Waals surface area contributed by atoms with Gasteiger partial charge in [-0.05, 0) is 13.0 Å². The zero-order valence-corrected chi connectivity index (χ0v) is 11.5. The largest absolute Gasteiger partial charge is 0.462 e. The molecule has 0 atom stereocenters. The Morgan fingerprint density at radius 1 is 1.36 bits per heavy atom. The number of nitrogens with zero attached hydrogens (tertiary/aromatic N) is 1. The number of aromatic nitrogens is 1. The number of ether oxygens (including phenoxy) is 3. The standard InChI is InChI=1S/C14H11F2NO5/c1-2-20-13(19)8-5-17(14(15)16)9-4-11-10(21-6-22-11)3-7(9)12(8)18/h3-5,14H,2,6H2,1H3. The van der Waals surface area contributed by atoms with Gasteiger partial charge in [0.25, 0.3) is 0 Å². The second-order valence-corrected chi connectivity index (χ2v) is 4.50. The van der Waals surface area contributed by atoms with Crippen LogP contribution in [-0.2, 0) is 4.74 Å². The second-order valence-electron chi connectivity index (χ2n) is 4.50. The Labute approximate surface area is 122 Å². The molecule has 0 fully saturated rings. The lowest BCUT2D eigenvalue weighted by molar-refractivity contribution is 0.0517. The van der Waals surface area contributed by atoms with Gasteiger partial charge in [-0.25, -0.2) is 4.79 Å². The predicted molar refractivity (Wildman–Crippen MR) is 71.5 cm³/mol. The first-order valence-corrected chi connectivity index (χ1v) is 6.46. The fourth-order valence-electron chi connectivity index (χ4n) is 2.25. The number of pyridine rings is 1. The molecule has 0 bridgehead atoms. The smallest absolute Gasteiger partial charge is 0.343 e. The van der Waals surface area contributed by atoms with Crippen LogP contribution in [0.25, 0.3) is 10.9 Å². The van der Waals surface area contributed by atoms with Crippen molar-refractivity contribution in [3.05, 3.63) is 34.1 Å². The van der Waals surface area contributed by atoms with Gasteiger partial charge in [0.15, 0.2) is 11.5 Å². The van der Waals surface area contributed by atoms with E-state index in [1.165, 1.54) is 12.1 Å². The van der Waals surface area contributed by atoms with Gasteiger partial charge in [0.2, 0.25) is 12.2 Å². The van der Waals surface area contributed by atoms with Crippen molar-refractivity contribution < 1.29 is 27.8 Å². The summed E-state index contributed by atoms with van der Waals surface area (Å²) in [5, 5.41) is -0.0601. The Morgan fingerprint density at radius 2 is 2.05 bits per heavy atom. The van der Waals surface area contributed by atoms with Crippen LogP contribution in [0.5, 0.6) is 11.5 Å². The van der Waals surface area contributed by atoms with Crippen LogP contribution in [0.2, 0.25) is 0 Å². The minimum Gasteiger partial charge on any atom is -0.462 e. The number of carbonyl (C=O) groups is 1. The number of halogens is 2. The van der Waals surface area contributed by atoms with Crippen LogP contribution in [0.15, 0.2) is 23.1 Å². The van der Waals surface area contributed by atoms with E-state index in [0.717, 1.165) is 6.20 Å². The molecular weight excluding hydrogens is 300 g/mol. The van der Waals surface area contributed by atoms with Crippen LogP contribution in [0.4, 0.5) is 8.78 Å². The molecule has 2 heterocycles. The van der Waals surface area contributed by atoms with Crippen molar-refractivity contribution in [2.24, 2.45) is 0 Å². The van der Waals surface area contributed by atoms with Gasteiger partial charge in [0.1, 0.15) is 5.56 Å². The maximum Gasteiger partial charge on any atom is 0.343 e. The van der Waals surface area contributed by atoms with Crippen molar-refractivity contribution in [3.63, 3.8) is 0 Å². The van der Waals surface area contributed by atoms with E-state index in [1.807, 2.05) is 0 Å². The number of esters is 1. The van der Waals surface area contributed by atoms with E-state index in [9.17, 15) is 18.4 Å². The molecule has 0 saturated heterocycles. The van der Waals surface area contributed by atoms with E-state index in [1.54, 1.807) is 6.92 Å². The highest BCUT2D eigenvalue weighted by Gasteiger charge is 2.23. The van der Waals surface area contributed by atoms with Gasteiger partial charge in [0, 0.05) is 12.3 Å². The van der Waals surface area contributed by atoms with Crippen molar-refractivity contribution in [1.29, 1.82) is 0 Å². The number of fused-ring (bicyclic) bond motifs is 2. The highest BCUT2D eigenvalue weighted by molar-refractivity contribution is 5.94. The van der Waals surface area contributed by atoms with Gasteiger partial charge in [-0.3, -0.25) is 9.36 Å². The molecule has 0 N–H and O–H groups in total. The minimum atomic E-state index is -2.93. The van der Waals surface area contributed by atoms with Crippen LogP contribution in [0.1, 0.15) is 23.8 Å². The number of hydrogen-bond acceptors (Lipinski definition) is 5. The third-order valence-electron chi connectivity index (χ3n) is 3.23. The highest BCUT2D eigenvalue weighted by Crippen LogP contribution is 2.36. The summed E-state index contributed by atoms with van der Waals surface area (Å²) in [6, 6.07) is 2.59. The Morgan fingerprint density at radius 3 is 2.68 bits per heavy atom. The normalized spacial score (nSPS) is 12.9. The summed E-state index contributed by atoms with van der Waals surface area (Å²) < 4.78 is 42.0. The topological polar surface area (TPSA) is 66.8 Å². The van der Waals surface area contributed by atoms with Crippen molar-refractivity contribution in [1.82, 2.24) is 4.57 Å². The van der Waals surface area contributed by atoms with Gasteiger partial charge in [0.05, 0.1) is 17.5 Å². The van der Waals surface area contributed by atoms with Gasteiger partial charge < -0.3 is 14.2 Å². The Balaban J connectivity index is 2.32. The average molecular weight is 311 g/mol. The number of hydrogen-bond donors (Lipinski definition) is 0. The van der Waals surface area contributed by atoms with Crippen LogP contribution in [-0.4, -0.2) is 23.9 Å². The van der Waals surface area contributed by atoms with Crippen LogP contribution >= 0.6 is 0 Å². The van der Waals surface area contributed by atoms with Gasteiger partial charge in [-0.1, -0.05) is 0 Å². The number of rotatable bonds is 3. The molecule has 8 heteroatoms. The van der Waals surface area contributed by atoms with Crippen molar-refractivity contribution in [2.45, 2.75) is 13.5 Å². The molecule has 1 aromatic carbocycles. The second kappa shape index (κ2) is 5.28. The lowest BCUT2D eigenvalue weighted by Gasteiger charge is -2.12. The lowest BCUT2D eigenvalue weighted by Crippen LogP contribution is -2.21. The first kappa shape index (κ1) is 14.3. The molecule has 1 aromatic heterocycles. The quantitative estimate of drug-likeness (QED) is 0.814. The number of alkyl halides is 2. The number of carbonyl (C=O) groups excluding carboxylic acids is 1. The van der Waals surface area contributed by atoms with Crippen molar-refractivity contribution >= 4 is 16.9 Å². The molecule has 1 aliphatic heterocycles. The summed E-state index contributed by atoms with van der Waals surface area (Å²) in [5.74, 6) is -0.405. The van der Waals surface area contributed by atoms with Crippen molar-refractivity contribution in [3.8, 4) is 11.5 Å². The van der Waals surface area contributed by atoms with E-state index in [4.69, 9.17) is 14.2 Å².